The molecule has 3 heteroatoms. The van der Waals surface area contributed by atoms with Crippen LogP contribution in [0, 0.1) is 5.92 Å². The van der Waals surface area contributed by atoms with Crippen LogP contribution in [0.2, 0.25) is 0 Å². The van der Waals surface area contributed by atoms with Gasteiger partial charge in [-0.1, -0.05) is 28.1 Å². The molecular formula is C15H23BrN2. The second-order valence-corrected chi connectivity index (χ2v) is 6.16. The maximum atomic E-state index is 3.54. The molecule has 1 heterocycles. The molecule has 0 aliphatic carbocycles. The summed E-state index contributed by atoms with van der Waals surface area (Å²) in [5, 5.41) is 3.25. The molecule has 0 bridgehead atoms. The highest BCUT2D eigenvalue weighted by molar-refractivity contribution is 9.10. The van der Waals surface area contributed by atoms with Crippen molar-refractivity contribution >= 4 is 15.9 Å². The Morgan fingerprint density at radius 2 is 2.11 bits per heavy atom. The summed E-state index contributed by atoms with van der Waals surface area (Å²) in [4.78, 5) is 2.58. The molecule has 1 aromatic carbocycles. The quantitative estimate of drug-likeness (QED) is 0.898. The average molecular weight is 311 g/mol. The largest absolute Gasteiger partial charge is 0.320 e. The van der Waals surface area contributed by atoms with Crippen molar-refractivity contribution in [1.29, 1.82) is 0 Å². The molecule has 1 aromatic rings. The first-order chi connectivity index (χ1) is 8.78. The maximum absolute atomic E-state index is 3.54. The van der Waals surface area contributed by atoms with Crippen LogP contribution in [0.1, 0.15) is 24.8 Å². The van der Waals surface area contributed by atoms with Crippen molar-refractivity contribution in [2.75, 3.05) is 26.7 Å². The molecule has 2 rings (SSSR count). The third-order valence-corrected chi connectivity index (χ3v) is 4.30. The Morgan fingerprint density at radius 1 is 1.33 bits per heavy atom. The molecule has 18 heavy (non-hydrogen) atoms. The molecule has 2 nitrogen and oxygen atoms in total. The number of halogens is 1. The number of piperidine rings is 1. The van der Waals surface area contributed by atoms with E-state index in [-0.39, 0.29) is 0 Å². The van der Waals surface area contributed by atoms with E-state index in [1.807, 2.05) is 7.05 Å². The lowest BCUT2D eigenvalue weighted by molar-refractivity contribution is 0.172. The minimum absolute atomic E-state index is 0.927. The molecule has 0 saturated carbocycles. The Balaban J connectivity index is 1.76. The van der Waals surface area contributed by atoms with Crippen molar-refractivity contribution < 1.29 is 0 Å². The van der Waals surface area contributed by atoms with E-state index < -0.39 is 0 Å². The Hall–Kier alpha value is -0.380. The van der Waals surface area contributed by atoms with Crippen LogP contribution in [-0.4, -0.2) is 31.6 Å². The average Bonchev–Trinajstić information content (AvgIpc) is 2.38. The third-order valence-electron chi connectivity index (χ3n) is 3.80. The molecule has 0 spiro atoms. The summed E-state index contributed by atoms with van der Waals surface area (Å²) in [6, 6.07) is 8.66. The zero-order valence-corrected chi connectivity index (χ0v) is 12.7. The first-order valence-electron chi connectivity index (χ1n) is 6.89. The molecule has 1 fully saturated rings. The van der Waals surface area contributed by atoms with Crippen molar-refractivity contribution in [3.05, 3.63) is 34.3 Å². The lowest BCUT2D eigenvalue weighted by Gasteiger charge is -2.32. The minimum Gasteiger partial charge on any atom is -0.320 e. The molecule has 0 unspecified atom stereocenters. The van der Waals surface area contributed by atoms with E-state index in [0.29, 0.717) is 0 Å². The Bertz CT molecular complexity index is 359. The second kappa shape index (κ2) is 7.27. The molecular weight excluding hydrogens is 288 g/mol. The number of likely N-dealkylation sites (tertiary alicyclic amines) is 1. The molecule has 0 aromatic heterocycles. The fraction of sp³-hybridized carbons (Fsp3) is 0.600. The monoisotopic (exact) mass is 310 g/mol. The fourth-order valence-corrected chi connectivity index (χ4v) is 3.12. The van der Waals surface area contributed by atoms with Gasteiger partial charge in [0, 0.05) is 11.0 Å². The predicted molar refractivity (Wildman–Crippen MR) is 80.7 cm³/mol. The molecule has 0 radical (unpaired) electrons. The SMILES string of the molecule is CNCCC1CCN(Cc2cccc(Br)c2)CC1. The number of hydrogen-bond acceptors (Lipinski definition) is 2. The highest BCUT2D eigenvalue weighted by atomic mass is 79.9. The summed E-state index contributed by atoms with van der Waals surface area (Å²) in [7, 11) is 2.04. The Labute approximate surface area is 119 Å². The van der Waals surface area contributed by atoms with Crippen LogP contribution in [0.5, 0.6) is 0 Å². The van der Waals surface area contributed by atoms with Crippen LogP contribution in [0.4, 0.5) is 0 Å². The van der Waals surface area contributed by atoms with Crippen molar-refractivity contribution in [2.45, 2.75) is 25.8 Å². The van der Waals surface area contributed by atoms with Gasteiger partial charge in [0.15, 0.2) is 0 Å². The first-order valence-corrected chi connectivity index (χ1v) is 7.68. The van der Waals surface area contributed by atoms with Gasteiger partial charge >= 0.3 is 0 Å². The molecule has 0 amide bonds. The van der Waals surface area contributed by atoms with E-state index in [1.165, 1.54) is 42.4 Å². The van der Waals surface area contributed by atoms with Gasteiger partial charge in [0.2, 0.25) is 0 Å². The summed E-state index contributed by atoms with van der Waals surface area (Å²) >= 11 is 3.54. The van der Waals surface area contributed by atoms with Crippen molar-refractivity contribution in [2.24, 2.45) is 5.92 Å². The highest BCUT2D eigenvalue weighted by Gasteiger charge is 2.18. The number of nitrogens with zero attached hydrogens (tertiary/aromatic N) is 1. The molecule has 1 aliphatic rings. The Morgan fingerprint density at radius 3 is 2.78 bits per heavy atom. The van der Waals surface area contributed by atoms with Crippen LogP contribution in [0.3, 0.4) is 0 Å². The summed E-state index contributed by atoms with van der Waals surface area (Å²) in [6.45, 7) is 4.76. The number of rotatable bonds is 5. The summed E-state index contributed by atoms with van der Waals surface area (Å²) in [6.07, 6.45) is 4.05. The van der Waals surface area contributed by atoms with Crippen LogP contribution < -0.4 is 5.32 Å². The van der Waals surface area contributed by atoms with Gasteiger partial charge < -0.3 is 5.32 Å². The van der Waals surface area contributed by atoms with Gasteiger partial charge in [-0.2, -0.15) is 0 Å². The summed E-state index contributed by atoms with van der Waals surface area (Å²) in [5.41, 5.74) is 1.41. The predicted octanol–water partition coefficient (Wildman–Crippen LogP) is 3.27. The van der Waals surface area contributed by atoms with Crippen molar-refractivity contribution in [3.8, 4) is 0 Å². The third kappa shape index (κ3) is 4.38. The molecule has 1 N–H and O–H groups in total. The summed E-state index contributed by atoms with van der Waals surface area (Å²) < 4.78 is 1.18. The van der Waals surface area contributed by atoms with Crippen molar-refractivity contribution in [3.63, 3.8) is 0 Å². The van der Waals surface area contributed by atoms with Gasteiger partial charge in [-0.15, -0.1) is 0 Å². The van der Waals surface area contributed by atoms with Crippen LogP contribution in [-0.2, 0) is 6.54 Å². The topological polar surface area (TPSA) is 15.3 Å². The normalized spacial score (nSPS) is 18.1. The number of hydrogen-bond donors (Lipinski definition) is 1. The minimum atomic E-state index is 0.927. The maximum Gasteiger partial charge on any atom is 0.0234 e. The molecule has 1 saturated heterocycles. The number of benzene rings is 1. The van der Waals surface area contributed by atoms with Crippen LogP contribution >= 0.6 is 15.9 Å². The van der Waals surface area contributed by atoms with Gasteiger partial charge in [0.05, 0.1) is 0 Å². The van der Waals surface area contributed by atoms with Gasteiger partial charge in [-0.25, -0.2) is 0 Å². The van der Waals surface area contributed by atoms with E-state index in [4.69, 9.17) is 0 Å². The van der Waals surface area contributed by atoms with E-state index in [9.17, 15) is 0 Å². The van der Waals surface area contributed by atoms with Gasteiger partial charge in [-0.3, -0.25) is 4.90 Å². The van der Waals surface area contributed by atoms with Gasteiger partial charge in [-0.05, 0) is 69.6 Å². The van der Waals surface area contributed by atoms with E-state index in [2.05, 4.69) is 50.4 Å². The fourth-order valence-electron chi connectivity index (χ4n) is 2.68. The van der Waals surface area contributed by atoms with Crippen LogP contribution in [0.25, 0.3) is 0 Å². The summed E-state index contributed by atoms with van der Waals surface area (Å²) in [5.74, 6) is 0.927. The second-order valence-electron chi connectivity index (χ2n) is 5.24. The lowest BCUT2D eigenvalue weighted by Crippen LogP contribution is -2.34. The Kier molecular flexibility index (Phi) is 5.67. The molecule has 0 atom stereocenters. The highest BCUT2D eigenvalue weighted by Crippen LogP contribution is 2.22. The lowest BCUT2D eigenvalue weighted by atomic mass is 9.93. The molecule has 1 aliphatic heterocycles. The van der Waals surface area contributed by atoms with Crippen LogP contribution in [0.15, 0.2) is 28.7 Å². The van der Waals surface area contributed by atoms with E-state index in [1.54, 1.807) is 0 Å². The van der Waals surface area contributed by atoms with E-state index in [0.717, 1.165) is 19.0 Å². The van der Waals surface area contributed by atoms with E-state index >= 15 is 0 Å². The van der Waals surface area contributed by atoms with Crippen molar-refractivity contribution in [1.82, 2.24) is 10.2 Å². The van der Waals surface area contributed by atoms with Gasteiger partial charge in [0.1, 0.15) is 0 Å². The zero-order valence-electron chi connectivity index (χ0n) is 11.2. The first kappa shape index (κ1) is 14.0. The standard InChI is InChI=1S/C15H23BrN2/c1-17-8-5-13-6-9-18(10-7-13)12-14-3-2-4-15(16)11-14/h2-4,11,13,17H,5-10,12H2,1H3. The molecule has 100 valence electrons. The van der Waals surface area contributed by atoms with Gasteiger partial charge in [0.25, 0.3) is 0 Å². The zero-order chi connectivity index (χ0) is 12.8. The number of nitrogens with one attached hydrogen (secondary N) is 1. The smallest absolute Gasteiger partial charge is 0.0234 e.